The third kappa shape index (κ3) is 6.69. The van der Waals surface area contributed by atoms with Crippen LogP contribution in [-0.4, -0.2) is 27.6 Å². The van der Waals surface area contributed by atoms with Crippen LogP contribution in [0.15, 0.2) is 59.5 Å². The van der Waals surface area contributed by atoms with Crippen LogP contribution in [0.25, 0.3) is 6.08 Å². The molecule has 4 nitrogen and oxygen atoms in total. The lowest BCUT2D eigenvalue weighted by molar-refractivity contribution is -0.123. The van der Waals surface area contributed by atoms with Gasteiger partial charge in [-0.1, -0.05) is 84.5 Å². The van der Waals surface area contributed by atoms with Gasteiger partial charge in [-0.15, -0.1) is 0 Å². The number of amides is 2. The summed E-state index contributed by atoms with van der Waals surface area (Å²) in [6, 6.07) is 17.2. The Kier molecular flexibility index (Phi) is 8.49. The van der Waals surface area contributed by atoms with Crippen molar-refractivity contribution in [2.45, 2.75) is 32.2 Å². The van der Waals surface area contributed by atoms with E-state index < -0.39 is 0 Å². The third-order valence-electron chi connectivity index (χ3n) is 4.66. The van der Waals surface area contributed by atoms with Crippen molar-refractivity contribution >= 4 is 57.8 Å². The van der Waals surface area contributed by atoms with Gasteiger partial charge in [0, 0.05) is 24.5 Å². The molecule has 0 unspecified atom stereocenters. The fraction of sp³-hybridized carbons (Fsp3) is 0.261. The monoisotopic (exact) mass is 458 g/mol. The highest BCUT2D eigenvalue weighted by Gasteiger charge is 2.31. The predicted molar refractivity (Wildman–Crippen MR) is 128 cm³/mol. The molecule has 156 valence electrons. The number of carbonyl (C=O) groups excluding carboxylic acids is 2. The molecule has 0 saturated carbocycles. The molecule has 0 radical (unpaired) electrons. The number of hydrogen-bond donors (Lipinski definition) is 1. The van der Waals surface area contributed by atoms with Crippen molar-refractivity contribution in [2.24, 2.45) is 0 Å². The maximum atomic E-state index is 12.6. The summed E-state index contributed by atoms with van der Waals surface area (Å²) in [5, 5.41) is 3.59. The standard InChI is InChI=1S/C23H23ClN2O2S2/c24-19-12-10-17(11-13-19)15-20-22(28)26(23(29)30-20)14-6-2-5-9-21(27)25-16-18-7-3-1-4-8-18/h1,3-4,7-8,10-13,15H,2,5-6,9,14,16H2,(H,25,27)/b20-15-. The molecule has 7 heteroatoms. The fourth-order valence-electron chi connectivity index (χ4n) is 3.02. The van der Waals surface area contributed by atoms with Crippen LogP contribution in [0, 0.1) is 0 Å². The quantitative estimate of drug-likeness (QED) is 0.310. The van der Waals surface area contributed by atoms with Crippen LogP contribution in [-0.2, 0) is 16.1 Å². The molecule has 30 heavy (non-hydrogen) atoms. The van der Waals surface area contributed by atoms with Gasteiger partial charge in [0.1, 0.15) is 4.32 Å². The van der Waals surface area contributed by atoms with Gasteiger partial charge in [-0.2, -0.15) is 0 Å². The molecule has 0 aromatic heterocycles. The lowest BCUT2D eigenvalue weighted by Crippen LogP contribution is -2.29. The van der Waals surface area contributed by atoms with Crippen LogP contribution in [0.5, 0.6) is 0 Å². The van der Waals surface area contributed by atoms with E-state index in [1.807, 2.05) is 48.5 Å². The Morgan fingerprint density at radius 3 is 2.53 bits per heavy atom. The topological polar surface area (TPSA) is 49.4 Å². The molecule has 2 aromatic carbocycles. The zero-order valence-corrected chi connectivity index (χ0v) is 18.9. The Morgan fingerprint density at radius 2 is 1.80 bits per heavy atom. The van der Waals surface area contributed by atoms with Gasteiger partial charge >= 0.3 is 0 Å². The van der Waals surface area contributed by atoms with E-state index in [9.17, 15) is 9.59 Å². The van der Waals surface area contributed by atoms with Crippen LogP contribution in [0.1, 0.15) is 36.8 Å². The highest BCUT2D eigenvalue weighted by atomic mass is 35.5. The second-order valence-corrected chi connectivity index (χ2v) is 9.07. The summed E-state index contributed by atoms with van der Waals surface area (Å²) in [5.41, 5.74) is 2.01. The molecule has 1 N–H and O–H groups in total. The zero-order chi connectivity index (χ0) is 21.3. The van der Waals surface area contributed by atoms with Gasteiger partial charge in [-0.05, 0) is 42.2 Å². The Labute approximate surface area is 191 Å². The Morgan fingerprint density at radius 1 is 1.07 bits per heavy atom. The average Bonchev–Trinajstić information content (AvgIpc) is 3.01. The lowest BCUT2D eigenvalue weighted by Gasteiger charge is -2.14. The Balaban J connectivity index is 1.37. The van der Waals surface area contributed by atoms with E-state index in [1.165, 1.54) is 11.8 Å². The van der Waals surface area contributed by atoms with Crippen LogP contribution in [0.3, 0.4) is 0 Å². The molecular formula is C23H23ClN2O2S2. The number of thiocarbonyl (C=S) groups is 1. The summed E-state index contributed by atoms with van der Waals surface area (Å²) in [4.78, 5) is 26.9. The molecule has 1 heterocycles. The first-order valence-corrected chi connectivity index (χ1v) is 11.4. The van der Waals surface area contributed by atoms with Crippen molar-refractivity contribution in [3.63, 3.8) is 0 Å². The molecule has 1 saturated heterocycles. The van der Waals surface area contributed by atoms with Gasteiger partial charge in [0.05, 0.1) is 4.91 Å². The second kappa shape index (κ2) is 11.3. The summed E-state index contributed by atoms with van der Waals surface area (Å²) in [7, 11) is 0. The summed E-state index contributed by atoms with van der Waals surface area (Å²) in [5.74, 6) is -0.00378. The molecule has 1 aliphatic rings. The maximum Gasteiger partial charge on any atom is 0.266 e. The van der Waals surface area contributed by atoms with Gasteiger partial charge in [-0.3, -0.25) is 14.5 Å². The first-order chi connectivity index (χ1) is 14.5. The smallest absolute Gasteiger partial charge is 0.266 e. The largest absolute Gasteiger partial charge is 0.352 e. The number of halogens is 1. The van der Waals surface area contributed by atoms with Crippen molar-refractivity contribution in [2.75, 3.05) is 6.54 Å². The fourth-order valence-corrected chi connectivity index (χ4v) is 4.45. The Bertz CT molecular complexity index is 930. The predicted octanol–water partition coefficient (Wildman–Crippen LogP) is 5.42. The summed E-state index contributed by atoms with van der Waals surface area (Å²) in [6.45, 7) is 1.13. The molecule has 0 aliphatic carbocycles. The minimum Gasteiger partial charge on any atom is -0.352 e. The molecule has 1 fully saturated rings. The lowest BCUT2D eigenvalue weighted by atomic mass is 10.1. The van der Waals surface area contributed by atoms with E-state index in [-0.39, 0.29) is 11.8 Å². The SMILES string of the molecule is O=C(CCCCCN1C(=O)/C(=C/c2ccc(Cl)cc2)SC1=S)NCc1ccccc1. The van der Waals surface area contributed by atoms with Crippen molar-refractivity contribution in [1.82, 2.24) is 10.2 Å². The highest BCUT2D eigenvalue weighted by Crippen LogP contribution is 2.32. The highest BCUT2D eigenvalue weighted by molar-refractivity contribution is 8.26. The van der Waals surface area contributed by atoms with Gasteiger partial charge < -0.3 is 5.32 Å². The van der Waals surface area contributed by atoms with E-state index >= 15 is 0 Å². The van der Waals surface area contributed by atoms with Gasteiger partial charge in [0.25, 0.3) is 5.91 Å². The number of benzene rings is 2. The van der Waals surface area contributed by atoms with Crippen LogP contribution in [0.2, 0.25) is 5.02 Å². The van der Waals surface area contributed by atoms with Crippen LogP contribution in [0.4, 0.5) is 0 Å². The Hall–Kier alpha value is -2.15. The number of carbonyl (C=O) groups is 2. The van der Waals surface area contributed by atoms with Crippen LogP contribution < -0.4 is 5.32 Å². The minimum atomic E-state index is -0.0550. The van der Waals surface area contributed by atoms with E-state index in [4.69, 9.17) is 23.8 Å². The number of hydrogen-bond acceptors (Lipinski definition) is 4. The van der Waals surface area contributed by atoms with Crippen molar-refractivity contribution in [3.05, 3.63) is 75.7 Å². The molecule has 0 atom stereocenters. The number of thioether (sulfide) groups is 1. The molecule has 0 bridgehead atoms. The molecule has 2 aromatic rings. The first kappa shape index (κ1) is 22.5. The van der Waals surface area contributed by atoms with Crippen molar-refractivity contribution in [1.29, 1.82) is 0 Å². The van der Waals surface area contributed by atoms with Crippen LogP contribution >= 0.6 is 35.6 Å². The maximum absolute atomic E-state index is 12.6. The summed E-state index contributed by atoms with van der Waals surface area (Å²) in [6.07, 6.45) is 4.79. The summed E-state index contributed by atoms with van der Waals surface area (Å²) >= 11 is 12.6. The van der Waals surface area contributed by atoms with Crippen molar-refractivity contribution in [3.8, 4) is 0 Å². The van der Waals surface area contributed by atoms with E-state index in [0.717, 1.165) is 30.4 Å². The average molecular weight is 459 g/mol. The van der Waals surface area contributed by atoms with Gasteiger partial charge in [0.15, 0.2) is 0 Å². The molecule has 2 amide bonds. The van der Waals surface area contributed by atoms with E-state index in [2.05, 4.69) is 5.32 Å². The second-order valence-electron chi connectivity index (χ2n) is 6.96. The molecule has 3 rings (SSSR count). The number of rotatable bonds is 9. The number of nitrogens with zero attached hydrogens (tertiary/aromatic N) is 1. The zero-order valence-electron chi connectivity index (χ0n) is 16.5. The van der Waals surface area contributed by atoms with E-state index in [1.54, 1.807) is 17.0 Å². The normalized spacial score (nSPS) is 15.1. The van der Waals surface area contributed by atoms with Gasteiger partial charge in [-0.25, -0.2) is 0 Å². The van der Waals surface area contributed by atoms with Crippen molar-refractivity contribution < 1.29 is 9.59 Å². The van der Waals surface area contributed by atoms with Gasteiger partial charge in [0.2, 0.25) is 5.91 Å². The summed E-state index contributed by atoms with van der Waals surface area (Å²) < 4.78 is 0.584. The molecule has 1 aliphatic heterocycles. The first-order valence-electron chi connectivity index (χ1n) is 9.84. The minimum absolute atomic E-state index is 0.0513. The number of unbranched alkanes of at least 4 members (excludes halogenated alkanes) is 2. The number of nitrogens with one attached hydrogen (secondary N) is 1. The molecule has 0 spiro atoms. The third-order valence-corrected chi connectivity index (χ3v) is 6.29. The van der Waals surface area contributed by atoms with E-state index in [0.29, 0.717) is 33.8 Å². The molecular weight excluding hydrogens is 436 g/mol.